The molecule has 4 rings (SSSR count). The summed E-state index contributed by atoms with van der Waals surface area (Å²) in [5.74, 6) is -1.73. The van der Waals surface area contributed by atoms with Gasteiger partial charge in [-0.25, -0.2) is 4.98 Å². The van der Waals surface area contributed by atoms with Crippen LogP contribution in [0.4, 0.5) is 38.0 Å². The van der Waals surface area contributed by atoms with Crippen LogP contribution in [-0.4, -0.2) is 45.5 Å². The Hall–Kier alpha value is -2.83. The molecule has 174 valence electrons. The SMILES string of the molecule is C[C@H]1CN(c2ccc(C(F)(F)F)cn2)CC[C@H]1c1[nH]nc2c1C(O)(C(F)(F)F)CC(=O)N2. The molecular weight excluding hydrogens is 444 g/mol. The van der Waals surface area contributed by atoms with Crippen LogP contribution < -0.4 is 10.2 Å². The average Bonchev–Trinajstić information content (AvgIpc) is 3.10. The van der Waals surface area contributed by atoms with Crippen molar-refractivity contribution >= 4 is 17.5 Å². The van der Waals surface area contributed by atoms with Crippen molar-refractivity contribution in [1.29, 1.82) is 0 Å². The largest absolute Gasteiger partial charge is 0.422 e. The van der Waals surface area contributed by atoms with Gasteiger partial charge in [0.15, 0.2) is 11.4 Å². The molecule has 0 aromatic carbocycles. The van der Waals surface area contributed by atoms with E-state index in [4.69, 9.17) is 0 Å². The second-order valence-corrected chi connectivity index (χ2v) is 8.17. The van der Waals surface area contributed by atoms with Crippen LogP contribution in [0.2, 0.25) is 0 Å². The van der Waals surface area contributed by atoms with Crippen molar-refractivity contribution in [3.63, 3.8) is 0 Å². The van der Waals surface area contributed by atoms with Crippen LogP contribution in [0, 0.1) is 5.92 Å². The van der Waals surface area contributed by atoms with Crippen molar-refractivity contribution in [3.05, 3.63) is 35.2 Å². The molecule has 4 heterocycles. The number of pyridine rings is 1. The second-order valence-electron chi connectivity index (χ2n) is 8.17. The van der Waals surface area contributed by atoms with E-state index >= 15 is 0 Å². The third-order valence-corrected chi connectivity index (χ3v) is 6.03. The predicted octanol–water partition coefficient (Wildman–Crippen LogP) is 3.55. The topological polar surface area (TPSA) is 94.1 Å². The molecule has 2 aromatic heterocycles. The van der Waals surface area contributed by atoms with Gasteiger partial charge in [0, 0.05) is 30.9 Å². The van der Waals surface area contributed by atoms with E-state index in [1.807, 2.05) is 0 Å². The van der Waals surface area contributed by atoms with Gasteiger partial charge in [0.25, 0.3) is 0 Å². The molecule has 0 aliphatic carbocycles. The highest BCUT2D eigenvalue weighted by atomic mass is 19.4. The Labute approximate surface area is 177 Å². The molecule has 0 saturated carbocycles. The zero-order valence-corrected chi connectivity index (χ0v) is 16.7. The van der Waals surface area contributed by atoms with Gasteiger partial charge in [-0.15, -0.1) is 0 Å². The van der Waals surface area contributed by atoms with Crippen LogP contribution >= 0.6 is 0 Å². The first-order valence-corrected chi connectivity index (χ1v) is 9.77. The minimum atomic E-state index is -5.09. The van der Waals surface area contributed by atoms with Crippen molar-refractivity contribution in [2.24, 2.45) is 5.92 Å². The first-order valence-electron chi connectivity index (χ1n) is 9.77. The van der Waals surface area contributed by atoms with Crippen LogP contribution in [0.5, 0.6) is 0 Å². The lowest BCUT2D eigenvalue weighted by molar-refractivity contribution is -0.267. The first-order chi connectivity index (χ1) is 14.8. The fourth-order valence-electron chi connectivity index (χ4n) is 4.40. The van der Waals surface area contributed by atoms with Gasteiger partial charge in [0.1, 0.15) is 5.82 Å². The number of anilines is 2. The van der Waals surface area contributed by atoms with E-state index in [-0.39, 0.29) is 17.4 Å². The number of H-pyrrole nitrogens is 1. The number of fused-ring (bicyclic) bond motifs is 1. The van der Waals surface area contributed by atoms with Gasteiger partial charge in [-0.2, -0.15) is 31.4 Å². The molecule has 1 unspecified atom stereocenters. The first kappa shape index (κ1) is 22.4. The lowest BCUT2D eigenvalue weighted by Gasteiger charge is -2.39. The summed E-state index contributed by atoms with van der Waals surface area (Å²) < 4.78 is 79.4. The molecule has 0 radical (unpaired) electrons. The summed E-state index contributed by atoms with van der Waals surface area (Å²) in [7, 11) is 0. The molecule has 0 bridgehead atoms. The van der Waals surface area contributed by atoms with E-state index in [0.29, 0.717) is 25.3 Å². The van der Waals surface area contributed by atoms with Gasteiger partial charge in [-0.05, 0) is 24.5 Å². The van der Waals surface area contributed by atoms with E-state index in [0.717, 1.165) is 12.3 Å². The van der Waals surface area contributed by atoms with E-state index < -0.39 is 47.3 Å². The quantitative estimate of drug-likeness (QED) is 0.593. The monoisotopic (exact) mass is 463 g/mol. The lowest BCUT2D eigenvalue weighted by atomic mass is 9.77. The van der Waals surface area contributed by atoms with Crippen LogP contribution in [0.1, 0.15) is 42.5 Å². The molecule has 13 heteroatoms. The summed E-state index contributed by atoms with van der Waals surface area (Å²) in [5, 5.41) is 19.1. The minimum Gasteiger partial charge on any atom is -0.376 e. The van der Waals surface area contributed by atoms with Crippen molar-refractivity contribution in [3.8, 4) is 0 Å². The highest BCUT2D eigenvalue weighted by Gasteiger charge is 2.61. The molecule has 2 aliphatic heterocycles. The second kappa shape index (κ2) is 7.36. The van der Waals surface area contributed by atoms with Crippen LogP contribution in [0.25, 0.3) is 0 Å². The number of nitrogens with one attached hydrogen (secondary N) is 2. The number of nitrogens with zero attached hydrogens (tertiary/aromatic N) is 3. The summed E-state index contributed by atoms with van der Waals surface area (Å²) >= 11 is 0. The summed E-state index contributed by atoms with van der Waals surface area (Å²) in [6, 6.07) is 2.18. The third kappa shape index (κ3) is 3.67. The summed E-state index contributed by atoms with van der Waals surface area (Å²) in [6.07, 6.45) is -9.69. The number of alkyl halides is 6. The molecule has 0 spiro atoms. The number of amides is 1. The fourth-order valence-corrected chi connectivity index (χ4v) is 4.40. The Morgan fingerprint density at radius 3 is 2.50 bits per heavy atom. The third-order valence-electron chi connectivity index (χ3n) is 6.03. The van der Waals surface area contributed by atoms with Gasteiger partial charge in [-0.3, -0.25) is 9.89 Å². The van der Waals surface area contributed by atoms with Gasteiger partial charge in [0.05, 0.1) is 17.5 Å². The molecule has 1 saturated heterocycles. The predicted molar refractivity (Wildman–Crippen MR) is 99.8 cm³/mol. The number of piperidine rings is 1. The standard InChI is InChI=1S/C19H19F6N5O2/c1-9-8-30(12-3-2-10(7-26-12)18(20,21)22)5-4-11(9)15-14-16(29-28-15)27-13(31)6-17(14,32)19(23,24)25/h2-3,7,9,11,32H,4-6,8H2,1H3,(H2,27,28,29,31)/t9-,11+,17?/m0/s1. The highest BCUT2D eigenvalue weighted by Crippen LogP contribution is 2.50. The summed E-state index contributed by atoms with van der Waals surface area (Å²) in [6.45, 7) is 2.41. The number of hydrogen-bond donors (Lipinski definition) is 3. The average molecular weight is 463 g/mol. The van der Waals surface area contributed by atoms with Crippen molar-refractivity contribution in [1.82, 2.24) is 15.2 Å². The molecular formula is C19H19F6N5O2. The summed E-state index contributed by atoms with van der Waals surface area (Å²) in [4.78, 5) is 17.3. The Balaban J connectivity index is 1.59. The van der Waals surface area contributed by atoms with E-state index in [1.165, 1.54) is 6.07 Å². The molecule has 7 nitrogen and oxygen atoms in total. The minimum absolute atomic E-state index is 0.0901. The fraction of sp³-hybridized carbons (Fsp3) is 0.526. The van der Waals surface area contributed by atoms with E-state index in [2.05, 4.69) is 20.5 Å². The van der Waals surface area contributed by atoms with Crippen molar-refractivity contribution in [2.75, 3.05) is 23.3 Å². The van der Waals surface area contributed by atoms with E-state index in [1.54, 1.807) is 11.8 Å². The smallest absolute Gasteiger partial charge is 0.376 e. The zero-order valence-electron chi connectivity index (χ0n) is 16.7. The molecule has 1 fully saturated rings. The Bertz CT molecular complexity index is 1020. The molecule has 1 amide bonds. The van der Waals surface area contributed by atoms with E-state index in [9.17, 15) is 36.2 Å². The van der Waals surface area contributed by atoms with Gasteiger partial charge >= 0.3 is 12.4 Å². The number of aromatic nitrogens is 3. The maximum absolute atomic E-state index is 13.7. The van der Waals surface area contributed by atoms with Gasteiger partial charge < -0.3 is 15.3 Å². The zero-order chi connectivity index (χ0) is 23.5. The number of aromatic amines is 1. The summed E-state index contributed by atoms with van der Waals surface area (Å²) in [5.41, 5.74) is -4.63. The highest BCUT2D eigenvalue weighted by molar-refractivity contribution is 5.94. The molecule has 3 atom stereocenters. The van der Waals surface area contributed by atoms with Crippen LogP contribution in [0.15, 0.2) is 18.3 Å². The van der Waals surface area contributed by atoms with Crippen molar-refractivity contribution < 1.29 is 36.2 Å². The molecule has 3 N–H and O–H groups in total. The number of carbonyl (C=O) groups excluding carboxylic acids is 1. The van der Waals surface area contributed by atoms with Crippen molar-refractivity contribution in [2.45, 2.75) is 43.6 Å². The number of aliphatic hydroxyl groups is 1. The maximum atomic E-state index is 13.7. The van der Waals surface area contributed by atoms with Crippen LogP contribution in [0.3, 0.4) is 0 Å². The lowest BCUT2D eigenvalue weighted by Crippen LogP contribution is -2.49. The Kier molecular flexibility index (Phi) is 5.14. The van der Waals surface area contributed by atoms with Gasteiger partial charge in [-0.1, -0.05) is 6.92 Å². The number of hydrogen-bond acceptors (Lipinski definition) is 5. The maximum Gasteiger partial charge on any atom is 0.422 e. The molecule has 2 aliphatic rings. The Morgan fingerprint density at radius 1 is 1.22 bits per heavy atom. The number of halogens is 6. The number of rotatable bonds is 2. The normalized spacial score (nSPS) is 26.6. The van der Waals surface area contributed by atoms with Crippen LogP contribution in [-0.2, 0) is 16.6 Å². The molecule has 2 aromatic rings. The number of carbonyl (C=O) groups is 1. The van der Waals surface area contributed by atoms with Gasteiger partial charge in [0.2, 0.25) is 5.91 Å². The molecule has 32 heavy (non-hydrogen) atoms. The Morgan fingerprint density at radius 2 is 1.94 bits per heavy atom.